The van der Waals surface area contributed by atoms with Gasteiger partial charge in [0.05, 0.1) is 15.7 Å². The molecule has 0 radical (unpaired) electrons. The van der Waals surface area contributed by atoms with Gasteiger partial charge in [-0.05, 0) is 45.8 Å². The summed E-state index contributed by atoms with van der Waals surface area (Å²) in [6.45, 7) is 0. The summed E-state index contributed by atoms with van der Waals surface area (Å²) in [6, 6.07) is 39.1. The molecule has 4 heterocycles. The fraction of sp³-hybridized carbons (Fsp3) is 0. The lowest BCUT2D eigenvalue weighted by atomic mass is 9.98. The van der Waals surface area contributed by atoms with Crippen molar-refractivity contribution in [3.8, 4) is 5.82 Å². The summed E-state index contributed by atoms with van der Waals surface area (Å²) in [6.07, 6.45) is 0. The van der Waals surface area contributed by atoms with Gasteiger partial charge < -0.3 is 0 Å². The van der Waals surface area contributed by atoms with E-state index >= 15 is 0 Å². The lowest BCUT2D eigenvalue weighted by Crippen LogP contribution is -2.00. The molecule has 0 N–H and O–H groups in total. The van der Waals surface area contributed by atoms with Gasteiger partial charge >= 0.3 is 0 Å². The SMILES string of the molecule is Clc1nc2sc3ccccc3c2nc1-n1c2ccccc2c2c3ccccc3c3c4cc5ccccc5cc4sc3c21. The zero-order valence-electron chi connectivity index (χ0n) is 21.9. The van der Waals surface area contributed by atoms with Crippen LogP contribution in [0.3, 0.4) is 0 Å². The van der Waals surface area contributed by atoms with E-state index in [9.17, 15) is 0 Å². The van der Waals surface area contributed by atoms with E-state index in [4.69, 9.17) is 21.6 Å². The van der Waals surface area contributed by atoms with Crippen LogP contribution in [0.15, 0.2) is 109 Å². The summed E-state index contributed by atoms with van der Waals surface area (Å²) < 4.78 is 5.93. The molecule has 0 saturated carbocycles. The van der Waals surface area contributed by atoms with Gasteiger partial charge in [0, 0.05) is 36.3 Å². The van der Waals surface area contributed by atoms with Crippen LogP contribution < -0.4 is 0 Å². The molecular formula is C36H18ClN3S2. The van der Waals surface area contributed by atoms with Crippen molar-refractivity contribution in [2.24, 2.45) is 0 Å². The monoisotopic (exact) mass is 591 g/mol. The molecule has 0 unspecified atom stereocenters. The van der Waals surface area contributed by atoms with E-state index < -0.39 is 0 Å². The summed E-state index contributed by atoms with van der Waals surface area (Å²) in [5.41, 5.74) is 3.09. The van der Waals surface area contributed by atoms with Crippen molar-refractivity contribution >= 4 is 118 Å². The van der Waals surface area contributed by atoms with Gasteiger partial charge in [0.2, 0.25) is 0 Å². The molecule has 196 valence electrons. The molecule has 0 aliphatic heterocycles. The Bertz CT molecular complexity index is 2770. The number of aromatic nitrogens is 3. The second-order valence-electron chi connectivity index (χ2n) is 10.7. The minimum absolute atomic E-state index is 0.407. The molecule has 0 bridgehead atoms. The molecule has 0 fully saturated rings. The topological polar surface area (TPSA) is 30.7 Å². The number of hydrogen-bond donors (Lipinski definition) is 0. The van der Waals surface area contributed by atoms with E-state index in [2.05, 4.69) is 114 Å². The summed E-state index contributed by atoms with van der Waals surface area (Å²) in [4.78, 5) is 11.0. The maximum atomic E-state index is 7.06. The van der Waals surface area contributed by atoms with Crippen LogP contribution in [0.2, 0.25) is 5.15 Å². The van der Waals surface area contributed by atoms with Crippen LogP contribution in [0.1, 0.15) is 0 Å². The second-order valence-corrected chi connectivity index (χ2v) is 13.2. The van der Waals surface area contributed by atoms with E-state index in [0.29, 0.717) is 11.0 Å². The molecular weight excluding hydrogens is 574 g/mol. The van der Waals surface area contributed by atoms with Crippen LogP contribution in [0.25, 0.3) is 89.8 Å². The third kappa shape index (κ3) is 2.95. The fourth-order valence-corrected chi connectivity index (χ4v) is 9.29. The Morgan fingerprint density at radius 3 is 2.07 bits per heavy atom. The van der Waals surface area contributed by atoms with Crippen LogP contribution in [0.5, 0.6) is 0 Å². The third-order valence-corrected chi connectivity index (χ3v) is 10.9. The van der Waals surface area contributed by atoms with E-state index in [-0.39, 0.29) is 0 Å². The van der Waals surface area contributed by atoms with Crippen LogP contribution in [-0.4, -0.2) is 14.5 Å². The van der Waals surface area contributed by atoms with Crippen LogP contribution in [0.4, 0.5) is 0 Å². The predicted molar refractivity (Wildman–Crippen MR) is 182 cm³/mol. The highest BCUT2D eigenvalue weighted by Gasteiger charge is 2.24. The highest BCUT2D eigenvalue weighted by molar-refractivity contribution is 7.27. The lowest BCUT2D eigenvalue weighted by Gasteiger charge is -2.10. The van der Waals surface area contributed by atoms with Gasteiger partial charge in [-0.25, -0.2) is 9.97 Å². The van der Waals surface area contributed by atoms with Crippen LogP contribution in [0, 0.1) is 0 Å². The summed E-state index contributed by atoms with van der Waals surface area (Å²) in [5.74, 6) is 0.665. The van der Waals surface area contributed by atoms with Crippen molar-refractivity contribution in [3.63, 3.8) is 0 Å². The number of rotatable bonds is 1. The highest BCUT2D eigenvalue weighted by atomic mass is 35.5. The largest absolute Gasteiger partial charge is 0.290 e. The van der Waals surface area contributed by atoms with Gasteiger partial charge in [-0.1, -0.05) is 96.5 Å². The summed E-state index contributed by atoms with van der Waals surface area (Å²) in [5, 5.41) is 11.5. The standard InChI is InChI=1S/C36H18ClN3S2/c37-34-35(38-31-24-14-6-8-16-27(24)42-36(31)39-34)40-26-15-7-5-13-23(26)29-21-11-3-4-12-22(21)30-25-17-19-9-1-2-10-20(19)18-28(25)41-33(30)32(29)40/h1-18H. The number of thiophene rings is 2. The Kier molecular flexibility index (Phi) is 4.54. The van der Waals surface area contributed by atoms with Gasteiger partial charge in [0.15, 0.2) is 11.0 Å². The van der Waals surface area contributed by atoms with Gasteiger partial charge in [-0.15, -0.1) is 22.7 Å². The van der Waals surface area contributed by atoms with Crippen molar-refractivity contribution in [1.82, 2.24) is 14.5 Å². The molecule has 0 spiro atoms. The molecule has 0 aliphatic carbocycles. The minimum atomic E-state index is 0.407. The van der Waals surface area contributed by atoms with Crippen molar-refractivity contribution in [2.45, 2.75) is 0 Å². The Balaban J connectivity index is 1.47. The Hall–Kier alpha value is -4.55. The average Bonchev–Trinajstić information content (AvgIpc) is 3.69. The maximum absolute atomic E-state index is 7.06. The van der Waals surface area contributed by atoms with Crippen LogP contribution >= 0.6 is 34.3 Å². The molecule has 0 amide bonds. The number of hydrogen-bond acceptors (Lipinski definition) is 4. The number of nitrogens with zero attached hydrogens (tertiary/aromatic N) is 3. The minimum Gasteiger partial charge on any atom is -0.290 e. The molecule has 6 heteroatoms. The molecule has 0 saturated heterocycles. The molecule has 4 aromatic heterocycles. The summed E-state index contributed by atoms with van der Waals surface area (Å²) in [7, 11) is 0. The zero-order chi connectivity index (χ0) is 27.5. The van der Waals surface area contributed by atoms with Crippen LogP contribution in [-0.2, 0) is 0 Å². The molecule has 10 rings (SSSR count). The van der Waals surface area contributed by atoms with Gasteiger partial charge in [0.25, 0.3) is 0 Å². The number of benzene rings is 6. The molecule has 6 aromatic carbocycles. The molecule has 0 atom stereocenters. The Morgan fingerprint density at radius 1 is 0.571 bits per heavy atom. The lowest BCUT2D eigenvalue weighted by molar-refractivity contribution is 1.08. The smallest absolute Gasteiger partial charge is 0.176 e. The Morgan fingerprint density at radius 2 is 1.24 bits per heavy atom. The molecule has 42 heavy (non-hydrogen) atoms. The molecule has 3 nitrogen and oxygen atoms in total. The number of para-hydroxylation sites is 1. The van der Waals surface area contributed by atoms with Crippen molar-refractivity contribution < 1.29 is 0 Å². The first kappa shape index (κ1) is 23.1. The maximum Gasteiger partial charge on any atom is 0.176 e. The normalized spacial score (nSPS) is 12.4. The van der Waals surface area contributed by atoms with E-state index in [1.54, 1.807) is 11.3 Å². The average molecular weight is 592 g/mol. The fourth-order valence-electron chi connectivity index (χ4n) is 6.72. The number of halogens is 1. The predicted octanol–water partition coefficient (Wildman–Crippen LogP) is 11.3. The first-order valence-corrected chi connectivity index (χ1v) is 15.8. The Labute approximate surface area is 251 Å². The quantitative estimate of drug-likeness (QED) is 0.190. The summed E-state index contributed by atoms with van der Waals surface area (Å²) >= 11 is 10.5. The second kappa shape index (κ2) is 8.26. The third-order valence-electron chi connectivity index (χ3n) is 8.48. The zero-order valence-corrected chi connectivity index (χ0v) is 24.3. The van der Waals surface area contributed by atoms with Gasteiger partial charge in [-0.3, -0.25) is 4.57 Å². The van der Waals surface area contributed by atoms with E-state index in [0.717, 1.165) is 31.5 Å². The first-order valence-electron chi connectivity index (χ1n) is 13.8. The van der Waals surface area contributed by atoms with E-state index in [1.807, 2.05) is 11.3 Å². The van der Waals surface area contributed by atoms with E-state index in [1.165, 1.54) is 52.5 Å². The van der Waals surface area contributed by atoms with Crippen molar-refractivity contribution in [2.75, 3.05) is 0 Å². The van der Waals surface area contributed by atoms with Crippen molar-refractivity contribution in [1.29, 1.82) is 0 Å². The molecule has 10 aromatic rings. The first-order chi connectivity index (χ1) is 20.7. The van der Waals surface area contributed by atoms with Gasteiger partial charge in [-0.2, -0.15) is 0 Å². The van der Waals surface area contributed by atoms with Gasteiger partial charge in [0.1, 0.15) is 10.3 Å². The highest BCUT2D eigenvalue weighted by Crippen LogP contribution is 2.49. The van der Waals surface area contributed by atoms with Crippen molar-refractivity contribution in [3.05, 3.63) is 114 Å². The molecule has 0 aliphatic rings. The number of fused-ring (bicyclic) bond motifs is 14.